The first kappa shape index (κ1) is 16.9. The second kappa shape index (κ2) is 7.31. The van der Waals surface area contributed by atoms with Crippen molar-refractivity contribution in [1.82, 2.24) is 14.5 Å². The predicted molar refractivity (Wildman–Crippen MR) is 102 cm³/mol. The minimum Gasteiger partial charge on any atom is -0.494 e. The molecule has 2 heterocycles. The largest absolute Gasteiger partial charge is 0.494 e. The zero-order valence-corrected chi connectivity index (χ0v) is 14.3. The molecule has 6 nitrogen and oxygen atoms in total. The summed E-state index contributed by atoms with van der Waals surface area (Å²) >= 11 is 5.04. The van der Waals surface area contributed by atoms with Gasteiger partial charge in [0.05, 0.1) is 0 Å². The zero-order chi connectivity index (χ0) is 17.8. The summed E-state index contributed by atoms with van der Waals surface area (Å²) in [4.78, 5) is 22.0. The molecular formula is C18H18N4O2S. The Hall–Kier alpha value is -2.93. The average molecular weight is 354 g/mol. The summed E-state index contributed by atoms with van der Waals surface area (Å²) in [5.74, 6) is -0.204. The lowest BCUT2D eigenvalue weighted by Gasteiger charge is -2.08. The van der Waals surface area contributed by atoms with Crippen LogP contribution in [-0.2, 0) is 13.0 Å². The lowest BCUT2D eigenvalue weighted by molar-refractivity contribution is 0.413. The molecule has 3 rings (SSSR count). The topological polar surface area (TPSA) is 86.2 Å². The highest BCUT2D eigenvalue weighted by Gasteiger charge is 2.09. The molecule has 7 heteroatoms. The number of nitrogens with one attached hydrogen (secondary N) is 2. The number of aromatic amines is 2. The van der Waals surface area contributed by atoms with E-state index in [2.05, 4.69) is 27.6 Å². The highest BCUT2D eigenvalue weighted by molar-refractivity contribution is 7.71. The molecule has 0 saturated carbocycles. The third-order valence-corrected chi connectivity index (χ3v) is 4.25. The van der Waals surface area contributed by atoms with Crippen LogP contribution in [0.3, 0.4) is 0 Å². The number of nitrogens with zero attached hydrogens (tertiary/aromatic N) is 2. The molecule has 128 valence electrons. The third kappa shape index (κ3) is 3.46. The number of benzene rings is 1. The first-order chi connectivity index (χ1) is 12.1. The van der Waals surface area contributed by atoms with E-state index in [4.69, 9.17) is 12.2 Å². The molecule has 0 bridgehead atoms. The van der Waals surface area contributed by atoms with E-state index in [1.54, 1.807) is 6.08 Å². The van der Waals surface area contributed by atoms with Crippen molar-refractivity contribution >= 4 is 29.3 Å². The van der Waals surface area contributed by atoms with Crippen LogP contribution in [0.5, 0.6) is 5.88 Å². The van der Waals surface area contributed by atoms with E-state index in [9.17, 15) is 9.90 Å². The summed E-state index contributed by atoms with van der Waals surface area (Å²) in [6, 6.07) is 8.06. The molecular weight excluding hydrogens is 336 g/mol. The minimum atomic E-state index is -0.460. The second-order valence-corrected chi connectivity index (χ2v) is 5.93. The first-order valence-electron chi connectivity index (χ1n) is 7.83. The fourth-order valence-corrected chi connectivity index (χ4v) is 2.92. The van der Waals surface area contributed by atoms with Crippen LogP contribution in [0.2, 0.25) is 0 Å². The molecule has 25 heavy (non-hydrogen) atoms. The summed E-state index contributed by atoms with van der Waals surface area (Å²) in [5, 5.41) is 11.4. The minimum absolute atomic E-state index is 0.0920. The van der Waals surface area contributed by atoms with Crippen molar-refractivity contribution in [2.45, 2.75) is 13.0 Å². The van der Waals surface area contributed by atoms with Crippen LogP contribution in [0, 0.1) is 4.77 Å². The molecule has 0 spiro atoms. The van der Waals surface area contributed by atoms with Crippen molar-refractivity contribution < 1.29 is 5.11 Å². The maximum Gasteiger partial charge on any atom is 0.264 e. The first-order valence-corrected chi connectivity index (χ1v) is 8.24. The van der Waals surface area contributed by atoms with E-state index in [1.807, 2.05) is 24.4 Å². The second-order valence-electron chi connectivity index (χ2n) is 5.54. The van der Waals surface area contributed by atoms with Crippen LogP contribution in [0.15, 0.2) is 52.9 Å². The predicted octanol–water partition coefficient (Wildman–Crippen LogP) is 2.94. The van der Waals surface area contributed by atoms with Crippen molar-refractivity contribution in [3.05, 3.63) is 69.4 Å². The Morgan fingerprint density at radius 1 is 1.36 bits per heavy atom. The number of fused-ring (bicyclic) bond motifs is 1. The molecule has 3 aromatic rings. The number of para-hydroxylation sites is 1. The molecule has 3 N–H and O–H groups in total. The summed E-state index contributed by atoms with van der Waals surface area (Å²) in [5.41, 5.74) is 1.88. The highest BCUT2D eigenvalue weighted by Crippen LogP contribution is 2.18. The maximum atomic E-state index is 12.0. The normalized spacial score (nSPS) is 11.4. The number of hydrogen-bond donors (Lipinski definition) is 3. The van der Waals surface area contributed by atoms with Gasteiger partial charge in [0.2, 0.25) is 5.88 Å². The Balaban J connectivity index is 1.78. The number of aromatic hydroxyl groups is 1. The summed E-state index contributed by atoms with van der Waals surface area (Å²) < 4.78 is 1.54. The van der Waals surface area contributed by atoms with Crippen LogP contribution < -0.4 is 5.56 Å². The van der Waals surface area contributed by atoms with Crippen molar-refractivity contribution in [3.63, 3.8) is 0 Å². The number of rotatable bonds is 6. The molecule has 0 aliphatic heterocycles. The fraction of sp³-hybridized carbons (Fsp3) is 0.167. The molecule has 0 atom stereocenters. The van der Waals surface area contributed by atoms with Crippen LogP contribution in [0.1, 0.15) is 11.1 Å². The van der Waals surface area contributed by atoms with Gasteiger partial charge in [-0.3, -0.25) is 19.3 Å². The van der Waals surface area contributed by atoms with E-state index in [-0.39, 0.29) is 16.2 Å². The lowest BCUT2D eigenvalue weighted by atomic mass is 10.1. The standard InChI is InChI=1S/C18H18N4O2S/c1-2-9-22-17(24)14(16(23)21-18(22)25)11-19-8-7-12-10-20-15-6-4-3-5-13(12)15/h2-6,10-11,20,24H,1,7-9H2,(H,21,23,25). The number of aromatic nitrogens is 3. The number of aliphatic imine (C=N–C) groups is 1. The van der Waals surface area contributed by atoms with E-state index in [0.717, 1.165) is 22.9 Å². The van der Waals surface area contributed by atoms with Gasteiger partial charge in [-0.05, 0) is 30.3 Å². The molecule has 0 aliphatic rings. The van der Waals surface area contributed by atoms with Crippen LogP contribution in [0.4, 0.5) is 0 Å². The van der Waals surface area contributed by atoms with Crippen molar-refractivity contribution in [2.24, 2.45) is 4.99 Å². The zero-order valence-electron chi connectivity index (χ0n) is 13.5. The third-order valence-electron chi connectivity index (χ3n) is 3.92. The van der Waals surface area contributed by atoms with Gasteiger partial charge in [0.25, 0.3) is 5.56 Å². The Morgan fingerprint density at radius 2 is 2.16 bits per heavy atom. The van der Waals surface area contributed by atoms with Crippen molar-refractivity contribution in [2.75, 3.05) is 6.54 Å². The van der Waals surface area contributed by atoms with Gasteiger partial charge in [0.15, 0.2) is 4.77 Å². The Labute approximate surface area is 149 Å². The van der Waals surface area contributed by atoms with Gasteiger partial charge in [0.1, 0.15) is 5.56 Å². The van der Waals surface area contributed by atoms with Gasteiger partial charge in [0, 0.05) is 36.4 Å². The monoisotopic (exact) mass is 354 g/mol. The number of hydrogen-bond acceptors (Lipinski definition) is 4. The van der Waals surface area contributed by atoms with Gasteiger partial charge < -0.3 is 10.1 Å². The Morgan fingerprint density at radius 3 is 2.96 bits per heavy atom. The summed E-state index contributed by atoms with van der Waals surface area (Å²) in [6.07, 6.45) is 5.67. The van der Waals surface area contributed by atoms with Crippen LogP contribution in [0.25, 0.3) is 10.9 Å². The Bertz CT molecular complexity index is 1060. The Kier molecular flexibility index (Phi) is 4.95. The number of allylic oxidation sites excluding steroid dienone is 1. The molecule has 0 radical (unpaired) electrons. The van der Waals surface area contributed by atoms with Gasteiger partial charge in [-0.25, -0.2) is 0 Å². The number of H-pyrrole nitrogens is 2. The molecule has 0 fully saturated rings. The van der Waals surface area contributed by atoms with Gasteiger partial charge in [-0.15, -0.1) is 6.58 Å². The molecule has 0 unspecified atom stereocenters. The fourth-order valence-electron chi connectivity index (χ4n) is 2.67. The van der Waals surface area contributed by atoms with Gasteiger partial charge in [-0.1, -0.05) is 24.3 Å². The summed E-state index contributed by atoms with van der Waals surface area (Å²) in [7, 11) is 0. The van der Waals surface area contributed by atoms with E-state index in [0.29, 0.717) is 13.1 Å². The summed E-state index contributed by atoms with van der Waals surface area (Å²) in [6.45, 7) is 4.41. The van der Waals surface area contributed by atoms with Crippen molar-refractivity contribution in [3.8, 4) is 5.88 Å². The average Bonchev–Trinajstić information content (AvgIpc) is 3.01. The van der Waals surface area contributed by atoms with Gasteiger partial charge >= 0.3 is 0 Å². The molecule has 2 aromatic heterocycles. The SMILES string of the molecule is C=CCn1c(O)c(C=NCCc2c[nH]c3ccccc23)c(=O)[nH]c1=S. The van der Waals surface area contributed by atoms with Crippen LogP contribution in [-0.4, -0.2) is 32.4 Å². The highest BCUT2D eigenvalue weighted by atomic mass is 32.1. The molecule has 1 aromatic carbocycles. The quantitative estimate of drug-likeness (QED) is 0.361. The van der Waals surface area contributed by atoms with E-state index in [1.165, 1.54) is 10.8 Å². The maximum absolute atomic E-state index is 12.0. The van der Waals surface area contributed by atoms with Crippen molar-refractivity contribution in [1.29, 1.82) is 0 Å². The van der Waals surface area contributed by atoms with E-state index < -0.39 is 5.56 Å². The lowest BCUT2D eigenvalue weighted by Crippen LogP contribution is -2.18. The smallest absolute Gasteiger partial charge is 0.264 e. The molecule has 0 saturated heterocycles. The van der Waals surface area contributed by atoms with Gasteiger partial charge in [-0.2, -0.15) is 0 Å². The van der Waals surface area contributed by atoms with E-state index >= 15 is 0 Å². The molecule has 0 aliphatic carbocycles. The molecule has 0 amide bonds. The van der Waals surface area contributed by atoms with Crippen LogP contribution >= 0.6 is 12.2 Å².